The maximum Gasteiger partial charge on any atom is 0.475 e. The molecule has 1 aromatic rings. The zero-order valence-electron chi connectivity index (χ0n) is 14.2. The standard InChI is InChI=1S/C17H25BN2O4/c1-12(2)10-14(18(23)24)19-16(22)17(8-9-17)20-15(21)11-13-6-4-3-5-7-13/h3-7,12,14,23-24H,8-11H2,1-2H3,(H,19,22)(H,20,21). The number of carbonyl (C=O) groups is 2. The van der Waals surface area contributed by atoms with E-state index in [1.807, 2.05) is 44.2 Å². The smallest absolute Gasteiger partial charge is 0.426 e. The van der Waals surface area contributed by atoms with E-state index in [4.69, 9.17) is 0 Å². The molecule has 6 nitrogen and oxygen atoms in total. The van der Waals surface area contributed by atoms with Crippen molar-refractivity contribution in [1.82, 2.24) is 10.6 Å². The fourth-order valence-electron chi connectivity index (χ4n) is 2.70. The Kier molecular flexibility index (Phi) is 6.02. The second-order valence-corrected chi connectivity index (χ2v) is 6.92. The third-order valence-electron chi connectivity index (χ3n) is 4.17. The minimum absolute atomic E-state index is 0.208. The predicted molar refractivity (Wildman–Crippen MR) is 91.8 cm³/mol. The summed E-state index contributed by atoms with van der Waals surface area (Å²) in [4.78, 5) is 24.6. The highest BCUT2D eigenvalue weighted by Gasteiger charge is 2.52. The first-order valence-electron chi connectivity index (χ1n) is 8.34. The number of benzene rings is 1. The number of amides is 2. The van der Waals surface area contributed by atoms with Gasteiger partial charge >= 0.3 is 7.12 Å². The molecule has 130 valence electrons. The van der Waals surface area contributed by atoms with Crippen LogP contribution in [0.25, 0.3) is 0 Å². The molecule has 1 saturated carbocycles. The quantitative estimate of drug-likeness (QED) is 0.519. The molecule has 7 heteroatoms. The van der Waals surface area contributed by atoms with Gasteiger partial charge in [0, 0.05) is 0 Å². The molecular weight excluding hydrogens is 307 g/mol. The molecule has 0 aromatic heterocycles. The van der Waals surface area contributed by atoms with Crippen molar-refractivity contribution in [2.45, 2.75) is 51.0 Å². The van der Waals surface area contributed by atoms with Gasteiger partial charge in [-0.25, -0.2) is 0 Å². The van der Waals surface area contributed by atoms with Crippen molar-refractivity contribution >= 4 is 18.9 Å². The average molecular weight is 332 g/mol. The summed E-state index contributed by atoms with van der Waals surface area (Å²) in [5.74, 6) is -1.08. The van der Waals surface area contributed by atoms with E-state index in [0.717, 1.165) is 5.56 Å². The normalized spacial score (nSPS) is 16.4. The van der Waals surface area contributed by atoms with Crippen LogP contribution in [0.2, 0.25) is 0 Å². The average Bonchev–Trinajstić information content (AvgIpc) is 3.27. The van der Waals surface area contributed by atoms with Crippen molar-refractivity contribution in [3.05, 3.63) is 35.9 Å². The minimum atomic E-state index is -1.62. The van der Waals surface area contributed by atoms with Gasteiger partial charge in [-0.2, -0.15) is 0 Å². The highest BCUT2D eigenvalue weighted by atomic mass is 16.4. The number of hydrogen-bond acceptors (Lipinski definition) is 4. The highest BCUT2D eigenvalue weighted by molar-refractivity contribution is 6.43. The SMILES string of the molecule is CC(C)CC(NC(=O)C1(NC(=O)Cc2ccccc2)CC1)B(O)O. The van der Waals surface area contributed by atoms with Gasteiger partial charge in [-0.05, 0) is 30.7 Å². The Morgan fingerprint density at radius 3 is 2.33 bits per heavy atom. The highest BCUT2D eigenvalue weighted by Crippen LogP contribution is 2.36. The van der Waals surface area contributed by atoms with Crippen LogP contribution in [0.4, 0.5) is 0 Å². The molecule has 0 saturated heterocycles. The lowest BCUT2D eigenvalue weighted by Gasteiger charge is -2.24. The molecule has 2 rings (SSSR count). The lowest BCUT2D eigenvalue weighted by atomic mass is 9.75. The molecule has 4 N–H and O–H groups in total. The van der Waals surface area contributed by atoms with Crippen LogP contribution in [0.15, 0.2) is 30.3 Å². The molecular formula is C17H25BN2O4. The number of hydrogen-bond donors (Lipinski definition) is 4. The molecule has 1 atom stereocenters. The molecule has 0 bridgehead atoms. The van der Waals surface area contributed by atoms with Gasteiger partial charge in [-0.15, -0.1) is 0 Å². The van der Waals surface area contributed by atoms with Crippen molar-refractivity contribution in [1.29, 1.82) is 0 Å². The molecule has 0 spiro atoms. The van der Waals surface area contributed by atoms with Crippen LogP contribution in [0.1, 0.15) is 38.7 Å². The maximum absolute atomic E-state index is 12.5. The van der Waals surface area contributed by atoms with E-state index < -0.39 is 18.6 Å². The van der Waals surface area contributed by atoms with Gasteiger partial charge in [-0.1, -0.05) is 44.2 Å². The minimum Gasteiger partial charge on any atom is -0.426 e. The zero-order chi connectivity index (χ0) is 17.7. The van der Waals surface area contributed by atoms with Crippen LogP contribution in [0, 0.1) is 5.92 Å². The van der Waals surface area contributed by atoms with E-state index >= 15 is 0 Å². The Morgan fingerprint density at radius 1 is 1.21 bits per heavy atom. The van der Waals surface area contributed by atoms with E-state index in [-0.39, 0.29) is 24.2 Å². The van der Waals surface area contributed by atoms with Crippen LogP contribution in [0.5, 0.6) is 0 Å². The molecule has 1 aromatic carbocycles. The maximum atomic E-state index is 12.5. The summed E-state index contributed by atoms with van der Waals surface area (Å²) in [5.41, 5.74) is -0.0228. The second kappa shape index (κ2) is 7.81. The van der Waals surface area contributed by atoms with Crippen LogP contribution in [-0.2, 0) is 16.0 Å². The number of nitrogens with one attached hydrogen (secondary N) is 2. The summed E-state index contributed by atoms with van der Waals surface area (Å²) < 4.78 is 0. The first-order chi connectivity index (χ1) is 11.3. The Balaban J connectivity index is 1.92. The molecule has 0 radical (unpaired) electrons. The molecule has 1 unspecified atom stereocenters. The molecule has 1 aliphatic rings. The lowest BCUT2D eigenvalue weighted by molar-refractivity contribution is -0.130. The van der Waals surface area contributed by atoms with Crippen molar-refractivity contribution in [3.8, 4) is 0 Å². The van der Waals surface area contributed by atoms with Gasteiger partial charge in [0.05, 0.1) is 12.4 Å². The summed E-state index contributed by atoms with van der Waals surface area (Å²) in [6.45, 7) is 3.88. The van der Waals surface area contributed by atoms with Gasteiger partial charge < -0.3 is 20.7 Å². The van der Waals surface area contributed by atoms with E-state index in [1.165, 1.54) is 0 Å². The molecule has 0 heterocycles. The first kappa shape index (κ1) is 18.5. The monoisotopic (exact) mass is 332 g/mol. The molecule has 24 heavy (non-hydrogen) atoms. The Bertz CT molecular complexity index is 573. The van der Waals surface area contributed by atoms with Crippen molar-refractivity contribution in [3.63, 3.8) is 0 Å². The zero-order valence-corrected chi connectivity index (χ0v) is 14.2. The van der Waals surface area contributed by atoms with Gasteiger partial charge in [0.2, 0.25) is 11.8 Å². The number of carbonyl (C=O) groups excluding carboxylic acids is 2. The fourth-order valence-corrected chi connectivity index (χ4v) is 2.70. The Morgan fingerprint density at radius 2 is 1.83 bits per heavy atom. The summed E-state index contributed by atoms with van der Waals surface area (Å²) in [6, 6.07) is 9.33. The van der Waals surface area contributed by atoms with Crippen LogP contribution >= 0.6 is 0 Å². The summed E-state index contributed by atoms with van der Waals surface area (Å²) in [5, 5.41) is 24.3. The lowest BCUT2D eigenvalue weighted by Crippen LogP contribution is -2.55. The van der Waals surface area contributed by atoms with Gasteiger partial charge in [-0.3, -0.25) is 9.59 Å². The molecule has 1 aliphatic carbocycles. The summed E-state index contributed by atoms with van der Waals surface area (Å²) >= 11 is 0. The van der Waals surface area contributed by atoms with Crippen molar-refractivity contribution < 1.29 is 19.6 Å². The topological polar surface area (TPSA) is 98.7 Å². The number of rotatable bonds is 8. The Labute approximate surface area is 142 Å². The largest absolute Gasteiger partial charge is 0.475 e. The van der Waals surface area contributed by atoms with E-state index in [9.17, 15) is 19.6 Å². The Hall–Kier alpha value is -1.86. The third-order valence-corrected chi connectivity index (χ3v) is 4.17. The van der Waals surface area contributed by atoms with Crippen molar-refractivity contribution in [2.24, 2.45) is 5.92 Å². The fraction of sp³-hybridized carbons (Fsp3) is 0.529. The second-order valence-electron chi connectivity index (χ2n) is 6.92. The summed E-state index contributed by atoms with van der Waals surface area (Å²) in [6.07, 6.45) is 1.80. The van der Waals surface area contributed by atoms with Crippen LogP contribution < -0.4 is 10.6 Å². The predicted octanol–water partition coefficient (Wildman–Crippen LogP) is 0.421. The van der Waals surface area contributed by atoms with Gasteiger partial charge in [0.1, 0.15) is 5.54 Å². The van der Waals surface area contributed by atoms with Gasteiger partial charge in [0.15, 0.2) is 0 Å². The van der Waals surface area contributed by atoms with E-state index in [2.05, 4.69) is 10.6 Å². The van der Waals surface area contributed by atoms with E-state index in [1.54, 1.807) is 0 Å². The molecule has 1 fully saturated rings. The third kappa shape index (κ3) is 5.07. The van der Waals surface area contributed by atoms with Crippen LogP contribution in [0.3, 0.4) is 0 Å². The molecule has 0 aliphatic heterocycles. The molecule has 2 amide bonds. The van der Waals surface area contributed by atoms with E-state index in [0.29, 0.717) is 19.3 Å². The summed E-state index contributed by atoms with van der Waals surface area (Å²) in [7, 11) is -1.62. The van der Waals surface area contributed by atoms with Crippen molar-refractivity contribution in [2.75, 3.05) is 0 Å². The van der Waals surface area contributed by atoms with Crippen LogP contribution in [-0.4, -0.2) is 40.5 Å². The van der Waals surface area contributed by atoms with Gasteiger partial charge in [0.25, 0.3) is 0 Å². The first-order valence-corrected chi connectivity index (χ1v) is 8.34.